The SMILES string of the molecule is COC(=O)C(C)CN(C)C(=O)c1cn[nH]c1. The van der Waals surface area contributed by atoms with Crippen LogP contribution in [0.1, 0.15) is 17.3 Å². The smallest absolute Gasteiger partial charge is 0.310 e. The third-order valence-corrected chi connectivity index (χ3v) is 2.24. The van der Waals surface area contributed by atoms with Gasteiger partial charge in [0.1, 0.15) is 0 Å². The van der Waals surface area contributed by atoms with Gasteiger partial charge < -0.3 is 9.64 Å². The number of carbonyl (C=O) groups excluding carboxylic acids is 2. The maximum absolute atomic E-state index is 11.8. The van der Waals surface area contributed by atoms with Crippen LogP contribution in [0.15, 0.2) is 12.4 Å². The number of methoxy groups -OCH3 is 1. The van der Waals surface area contributed by atoms with Crippen LogP contribution < -0.4 is 0 Å². The molecule has 16 heavy (non-hydrogen) atoms. The third kappa shape index (κ3) is 2.82. The molecule has 1 rings (SSSR count). The lowest BCUT2D eigenvalue weighted by atomic mass is 10.1. The summed E-state index contributed by atoms with van der Waals surface area (Å²) in [6.45, 7) is 2.03. The molecular weight excluding hydrogens is 210 g/mol. The Morgan fingerprint density at radius 1 is 1.62 bits per heavy atom. The second-order valence-electron chi connectivity index (χ2n) is 3.60. The number of nitrogens with zero attached hydrogens (tertiary/aromatic N) is 2. The zero-order chi connectivity index (χ0) is 12.1. The molecule has 6 heteroatoms. The molecule has 0 bridgehead atoms. The lowest BCUT2D eigenvalue weighted by Crippen LogP contribution is -2.34. The average Bonchev–Trinajstić information content (AvgIpc) is 2.79. The van der Waals surface area contributed by atoms with Gasteiger partial charge in [0, 0.05) is 19.8 Å². The Bertz CT molecular complexity index is 361. The largest absolute Gasteiger partial charge is 0.469 e. The van der Waals surface area contributed by atoms with Crippen molar-refractivity contribution in [2.45, 2.75) is 6.92 Å². The molecule has 1 unspecified atom stereocenters. The van der Waals surface area contributed by atoms with Crippen LogP contribution in [-0.4, -0.2) is 47.7 Å². The number of aromatic amines is 1. The van der Waals surface area contributed by atoms with Gasteiger partial charge in [-0.15, -0.1) is 0 Å². The molecule has 0 radical (unpaired) electrons. The van der Waals surface area contributed by atoms with E-state index in [2.05, 4.69) is 14.9 Å². The number of nitrogens with one attached hydrogen (secondary N) is 1. The van der Waals surface area contributed by atoms with Gasteiger partial charge in [-0.25, -0.2) is 0 Å². The summed E-state index contributed by atoms with van der Waals surface area (Å²) in [5, 5.41) is 6.26. The fourth-order valence-corrected chi connectivity index (χ4v) is 1.36. The molecule has 6 nitrogen and oxygen atoms in total. The van der Waals surface area contributed by atoms with Crippen LogP contribution in [0.4, 0.5) is 0 Å². The summed E-state index contributed by atoms with van der Waals surface area (Å²) in [5.74, 6) is -0.845. The van der Waals surface area contributed by atoms with E-state index in [1.54, 1.807) is 14.0 Å². The zero-order valence-corrected chi connectivity index (χ0v) is 9.56. The van der Waals surface area contributed by atoms with Crippen LogP contribution in [-0.2, 0) is 9.53 Å². The Hall–Kier alpha value is -1.85. The van der Waals surface area contributed by atoms with Gasteiger partial charge in [0.2, 0.25) is 0 Å². The van der Waals surface area contributed by atoms with Crippen molar-refractivity contribution in [2.75, 3.05) is 20.7 Å². The van der Waals surface area contributed by atoms with Crippen LogP contribution >= 0.6 is 0 Å². The molecule has 0 saturated carbocycles. The first kappa shape index (κ1) is 12.2. The number of esters is 1. The van der Waals surface area contributed by atoms with Gasteiger partial charge in [-0.3, -0.25) is 14.7 Å². The van der Waals surface area contributed by atoms with Crippen molar-refractivity contribution < 1.29 is 14.3 Å². The second kappa shape index (κ2) is 5.29. The van der Waals surface area contributed by atoms with E-state index in [1.807, 2.05) is 0 Å². The van der Waals surface area contributed by atoms with Crippen molar-refractivity contribution in [3.05, 3.63) is 18.0 Å². The van der Waals surface area contributed by atoms with Crippen LogP contribution in [0.2, 0.25) is 0 Å². The fraction of sp³-hybridized carbons (Fsp3) is 0.500. The lowest BCUT2D eigenvalue weighted by Gasteiger charge is -2.19. The fourth-order valence-electron chi connectivity index (χ4n) is 1.36. The molecule has 1 aromatic rings. The molecule has 1 atom stereocenters. The maximum Gasteiger partial charge on any atom is 0.310 e. The first-order valence-electron chi connectivity index (χ1n) is 4.88. The molecule has 0 spiro atoms. The van der Waals surface area contributed by atoms with Crippen LogP contribution in [0, 0.1) is 5.92 Å². The first-order valence-corrected chi connectivity index (χ1v) is 4.88. The van der Waals surface area contributed by atoms with Crippen LogP contribution in [0.5, 0.6) is 0 Å². The molecule has 1 heterocycles. The molecule has 0 aliphatic carbocycles. The zero-order valence-electron chi connectivity index (χ0n) is 9.56. The van der Waals surface area contributed by atoms with Crippen molar-refractivity contribution in [3.8, 4) is 0 Å². The molecular formula is C10H15N3O3. The Labute approximate surface area is 93.6 Å². The summed E-state index contributed by atoms with van der Waals surface area (Å²) in [5.41, 5.74) is 0.472. The first-order chi connectivity index (χ1) is 7.56. The minimum Gasteiger partial charge on any atom is -0.469 e. The van der Waals surface area contributed by atoms with E-state index in [-0.39, 0.29) is 17.8 Å². The van der Waals surface area contributed by atoms with Crippen molar-refractivity contribution in [3.63, 3.8) is 0 Å². The highest BCUT2D eigenvalue weighted by molar-refractivity contribution is 5.93. The van der Waals surface area contributed by atoms with Gasteiger partial charge in [0.25, 0.3) is 5.91 Å². The Kier molecular flexibility index (Phi) is 4.04. The minimum absolute atomic E-state index is 0.176. The summed E-state index contributed by atoms with van der Waals surface area (Å²) in [6, 6.07) is 0. The summed E-state index contributed by atoms with van der Waals surface area (Å²) in [6.07, 6.45) is 2.96. The van der Waals surface area contributed by atoms with Gasteiger partial charge in [0.15, 0.2) is 0 Å². The number of aromatic nitrogens is 2. The summed E-state index contributed by atoms with van der Waals surface area (Å²) in [7, 11) is 2.96. The molecule has 1 amide bonds. The third-order valence-electron chi connectivity index (χ3n) is 2.24. The van der Waals surface area contributed by atoms with Crippen molar-refractivity contribution >= 4 is 11.9 Å². The van der Waals surface area contributed by atoms with E-state index in [9.17, 15) is 9.59 Å². The summed E-state index contributed by atoms with van der Waals surface area (Å²) in [4.78, 5) is 24.4. The summed E-state index contributed by atoms with van der Waals surface area (Å²) < 4.78 is 4.59. The van der Waals surface area contributed by atoms with Gasteiger partial charge in [-0.1, -0.05) is 6.92 Å². The Morgan fingerprint density at radius 2 is 2.31 bits per heavy atom. The van der Waals surface area contributed by atoms with E-state index < -0.39 is 0 Å². The van der Waals surface area contributed by atoms with Gasteiger partial charge in [0.05, 0.1) is 24.8 Å². The molecule has 0 aliphatic heterocycles. The number of carbonyl (C=O) groups is 2. The highest BCUT2D eigenvalue weighted by Crippen LogP contribution is 2.05. The van der Waals surface area contributed by atoms with Crippen molar-refractivity contribution in [1.29, 1.82) is 0 Å². The number of hydrogen-bond donors (Lipinski definition) is 1. The number of ether oxygens (including phenoxy) is 1. The summed E-state index contributed by atoms with van der Waals surface area (Å²) >= 11 is 0. The standard InChI is InChI=1S/C10H15N3O3/c1-7(10(15)16-3)6-13(2)9(14)8-4-11-12-5-8/h4-5,7H,6H2,1-3H3,(H,11,12). The highest BCUT2D eigenvalue weighted by Gasteiger charge is 2.19. The number of H-pyrrole nitrogens is 1. The quantitative estimate of drug-likeness (QED) is 0.747. The van der Waals surface area contributed by atoms with Gasteiger partial charge >= 0.3 is 5.97 Å². The molecule has 0 saturated heterocycles. The van der Waals surface area contributed by atoms with E-state index >= 15 is 0 Å². The Morgan fingerprint density at radius 3 is 2.81 bits per heavy atom. The Balaban J connectivity index is 2.56. The number of amides is 1. The van der Waals surface area contributed by atoms with E-state index in [4.69, 9.17) is 0 Å². The molecule has 1 N–H and O–H groups in total. The molecule has 0 fully saturated rings. The van der Waals surface area contributed by atoms with Crippen molar-refractivity contribution in [2.24, 2.45) is 5.92 Å². The predicted octanol–water partition coefficient (Wildman–Crippen LogP) is 0.291. The lowest BCUT2D eigenvalue weighted by molar-refractivity contribution is -0.145. The minimum atomic E-state index is -0.342. The van der Waals surface area contributed by atoms with E-state index in [1.165, 1.54) is 24.4 Å². The average molecular weight is 225 g/mol. The highest BCUT2D eigenvalue weighted by atomic mass is 16.5. The van der Waals surface area contributed by atoms with E-state index in [0.717, 1.165) is 0 Å². The van der Waals surface area contributed by atoms with Gasteiger partial charge in [-0.05, 0) is 0 Å². The van der Waals surface area contributed by atoms with Crippen molar-refractivity contribution in [1.82, 2.24) is 15.1 Å². The monoisotopic (exact) mass is 225 g/mol. The molecule has 1 aromatic heterocycles. The normalized spacial score (nSPS) is 11.9. The predicted molar refractivity (Wildman–Crippen MR) is 56.7 cm³/mol. The van der Waals surface area contributed by atoms with E-state index in [0.29, 0.717) is 12.1 Å². The number of hydrogen-bond acceptors (Lipinski definition) is 4. The van der Waals surface area contributed by atoms with Crippen LogP contribution in [0.3, 0.4) is 0 Å². The second-order valence-corrected chi connectivity index (χ2v) is 3.60. The molecule has 0 aliphatic rings. The molecule has 0 aromatic carbocycles. The maximum atomic E-state index is 11.8. The topological polar surface area (TPSA) is 75.3 Å². The van der Waals surface area contributed by atoms with Crippen LogP contribution in [0.25, 0.3) is 0 Å². The number of rotatable bonds is 4. The van der Waals surface area contributed by atoms with Gasteiger partial charge in [-0.2, -0.15) is 5.10 Å². The molecule has 88 valence electrons.